The lowest BCUT2D eigenvalue weighted by atomic mass is 10.0. The Labute approximate surface area is 107 Å². The van der Waals surface area contributed by atoms with Crippen molar-refractivity contribution in [3.05, 3.63) is 11.6 Å². The van der Waals surface area contributed by atoms with Crippen LogP contribution in [0.15, 0.2) is 0 Å². The number of aromatic amines is 1. The number of hydrogen-bond acceptors (Lipinski definition) is 3. The normalized spacial score (nSPS) is 17.7. The van der Waals surface area contributed by atoms with Crippen LogP contribution in [0.5, 0.6) is 0 Å². The third-order valence-electron chi connectivity index (χ3n) is 3.43. The van der Waals surface area contributed by atoms with Crippen molar-refractivity contribution in [2.24, 2.45) is 0 Å². The van der Waals surface area contributed by atoms with E-state index < -0.39 is 0 Å². The SMILES string of the molecule is CCc1n[nH]c(CNC(=O)NC2(C)CCCC2)n1. The van der Waals surface area contributed by atoms with Gasteiger partial charge in [0.05, 0.1) is 6.54 Å². The third-order valence-corrected chi connectivity index (χ3v) is 3.43. The topological polar surface area (TPSA) is 82.7 Å². The molecule has 1 aliphatic rings. The first kappa shape index (κ1) is 12.9. The smallest absolute Gasteiger partial charge is 0.315 e. The van der Waals surface area contributed by atoms with Crippen LogP contribution in [0.2, 0.25) is 0 Å². The van der Waals surface area contributed by atoms with Crippen LogP contribution < -0.4 is 10.6 Å². The highest BCUT2D eigenvalue weighted by atomic mass is 16.2. The molecule has 3 N–H and O–H groups in total. The second kappa shape index (κ2) is 5.37. The molecule has 1 aromatic heterocycles. The maximum Gasteiger partial charge on any atom is 0.315 e. The Morgan fingerprint density at radius 1 is 1.44 bits per heavy atom. The maximum atomic E-state index is 11.8. The van der Waals surface area contributed by atoms with E-state index in [1.807, 2.05) is 6.92 Å². The van der Waals surface area contributed by atoms with E-state index in [4.69, 9.17) is 0 Å². The molecule has 0 unspecified atom stereocenters. The van der Waals surface area contributed by atoms with Gasteiger partial charge in [0.1, 0.15) is 5.82 Å². The summed E-state index contributed by atoms with van der Waals surface area (Å²) in [5, 5.41) is 12.7. The molecule has 1 heterocycles. The van der Waals surface area contributed by atoms with Gasteiger partial charge >= 0.3 is 6.03 Å². The molecule has 2 rings (SSSR count). The standard InChI is InChI=1S/C12H21N5O/c1-3-9-14-10(17-16-9)8-13-11(18)15-12(2)6-4-5-7-12/h3-8H2,1-2H3,(H2,13,15,18)(H,14,16,17). The molecular formula is C12H21N5O. The summed E-state index contributed by atoms with van der Waals surface area (Å²) >= 11 is 0. The average molecular weight is 251 g/mol. The predicted molar refractivity (Wildman–Crippen MR) is 68.0 cm³/mol. The fourth-order valence-corrected chi connectivity index (χ4v) is 2.33. The second-order valence-electron chi connectivity index (χ2n) is 5.13. The fourth-order valence-electron chi connectivity index (χ4n) is 2.33. The van der Waals surface area contributed by atoms with Crippen molar-refractivity contribution in [2.75, 3.05) is 0 Å². The van der Waals surface area contributed by atoms with Gasteiger partial charge in [-0.05, 0) is 19.8 Å². The van der Waals surface area contributed by atoms with Gasteiger partial charge in [0, 0.05) is 12.0 Å². The van der Waals surface area contributed by atoms with E-state index in [2.05, 4.69) is 32.7 Å². The third kappa shape index (κ3) is 3.21. The van der Waals surface area contributed by atoms with Crippen LogP contribution in [0.1, 0.15) is 51.2 Å². The van der Waals surface area contributed by atoms with E-state index in [1.165, 1.54) is 12.8 Å². The Bertz CT molecular complexity index is 408. The van der Waals surface area contributed by atoms with Gasteiger partial charge in [-0.2, -0.15) is 5.10 Å². The zero-order valence-corrected chi connectivity index (χ0v) is 11.0. The van der Waals surface area contributed by atoms with E-state index in [0.29, 0.717) is 12.4 Å². The van der Waals surface area contributed by atoms with Crippen LogP contribution in [-0.4, -0.2) is 26.8 Å². The minimum atomic E-state index is -0.131. The number of H-pyrrole nitrogens is 1. The van der Waals surface area contributed by atoms with Crippen molar-refractivity contribution in [1.29, 1.82) is 0 Å². The molecule has 0 aliphatic heterocycles. The number of carbonyl (C=O) groups is 1. The van der Waals surface area contributed by atoms with Crippen LogP contribution in [0.4, 0.5) is 4.79 Å². The molecule has 1 fully saturated rings. The van der Waals surface area contributed by atoms with Crippen molar-refractivity contribution < 1.29 is 4.79 Å². The summed E-state index contributed by atoms with van der Waals surface area (Å²) in [6.45, 7) is 4.48. The Morgan fingerprint density at radius 3 is 2.78 bits per heavy atom. The van der Waals surface area contributed by atoms with Crippen molar-refractivity contribution in [2.45, 2.75) is 58.0 Å². The van der Waals surface area contributed by atoms with E-state index >= 15 is 0 Å². The summed E-state index contributed by atoms with van der Waals surface area (Å²) in [7, 11) is 0. The second-order valence-corrected chi connectivity index (χ2v) is 5.13. The van der Waals surface area contributed by atoms with Gasteiger partial charge in [0.25, 0.3) is 0 Å². The highest BCUT2D eigenvalue weighted by Gasteiger charge is 2.29. The van der Waals surface area contributed by atoms with E-state index in [1.54, 1.807) is 0 Å². The van der Waals surface area contributed by atoms with Gasteiger partial charge in [-0.15, -0.1) is 0 Å². The van der Waals surface area contributed by atoms with Crippen LogP contribution in [-0.2, 0) is 13.0 Å². The minimum absolute atomic E-state index is 0.0416. The molecule has 0 saturated heterocycles. The van der Waals surface area contributed by atoms with E-state index in [9.17, 15) is 4.79 Å². The molecule has 1 saturated carbocycles. The number of carbonyl (C=O) groups excluding carboxylic acids is 1. The molecule has 18 heavy (non-hydrogen) atoms. The van der Waals surface area contributed by atoms with E-state index in [0.717, 1.165) is 25.1 Å². The lowest BCUT2D eigenvalue weighted by Crippen LogP contribution is -2.48. The molecule has 1 aliphatic carbocycles. The fraction of sp³-hybridized carbons (Fsp3) is 0.750. The van der Waals surface area contributed by atoms with Gasteiger partial charge in [-0.3, -0.25) is 5.10 Å². The predicted octanol–water partition coefficient (Wildman–Crippen LogP) is 1.50. The Morgan fingerprint density at radius 2 is 2.17 bits per heavy atom. The largest absolute Gasteiger partial charge is 0.333 e. The quantitative estimate of drug-likeness (QED) is 0.758. The van der Waals surface area contributed by atoms with Gasteiger partial charge in [0.15, 0.2) is 5.82 Å². The molecule has 0 bridgehead atoms. The summed E-state index contributed by atoms with van der Waals surface area (Å²) in [4.78, 5) is 16.0. The number of hydrogen-bond donors (Lipinski definition) is 3. The molecule has 1 aromatic rings. The molecule has 0 radical (unpaired) electrons. The molecular weight excluding hydrogens is 230 g/mol. The van der Waals surface area contributed by atoms with Crippen molar-refractivity contribution in [1.82, 2.24) is 25.8 Å². The Kier molecular flexibility index (Phi) is 3.84. The summed E-state index contributed by atoms with van der Waals surface area (Å²) in [6, 6.07) is -0.131. The molecule has 0 aromatic carbocycles. The minimum Gasteiger partial charge on any atom is -0.333 e. The van der Waals surface area contributed by atoms with Crippen LogP contribution in [0.25, 0.3) is 0 Å². The molecule has 100 valence electrons. The zero-order valence-electron chi connectivity index (χ0n) is 11.0. The highest BCUT2D eigenvalue weighted by Crippen LogP contribution is 2.28. The number of rotatable bonds is 4. The number of aryl methyl sites for hydroxylation is 1. The van der Waals surface area contributed by atoms with Crippen LogP contribution in [0.3, 0.4) is 0 Å². The lowest BCUT2D eigenvalue weighted by Gasteiger charge is -2.25. The average Bonchev–Trinajstić information content (AvgIpc) is 2.95. The number of urea groups is 1. The molecule has 6 nitrogen and oxygen atoms in total. The first-order valence-corrected chi connectivity index (χ1v) is 6.57. The lowest BCUT2D eigenvalue weighted by molar-refractivity contribution is 0.227. The zero-order chi connectivity index (χ0) is 13.0. The summed E-state index contributed by atoms with van der Waals surface area (Å²) in [6.07, 6.45) is 5.30. The Balaban J connectivity index is 1.77. The monoisotopic (exact) mass is 251 g/mol. The first-order chi connectivity index (χ1) is 8.61. The van der Waals surface area contributed by atoms with Crippen LogP contribution >= 0.6 is 0 Å². The maximum absolute atomic E-state index is 11.8. The number of amides is 2. The highest BCUT2D eigenvalue weighted by molar-refractivity contribution is 5.74. The van der Waals surface area contributed by atoms with Gasteiger partial charge < -0.3 is 10.6 Å². The van der Waals surface area contributed by atoms with Gasteiger partial charge in [0.2, 0.25) is 0 Å². The summed E-state index contributed by atoms with van der Waals surface area (Å²) < 4.78 is 0. The van der Waals surface area contributed by atoms with Gasteiger partial charge in [-0.25, -0.2) is 9.78 Å². The van der Waals surface area contributed by atoms with Crippen molar-refractivity contribution in [3.63, 3.8) is 0 Å². The molecule has 0 atom stereocenters. The van der Waals surface area contributed by atoms with Crippen molar-refractivity contribution >= 4 is 6.03 Å². The molecule has 0 spiro atoms. The van der Waals surface area contributed by atoms with Crippen molar-refractivity contribution in [3.8, 4) is 0 Å². The number of nitrogens with one attached hydrogen (secondary N) is 3. The van der Waals surface area contributed by atoms with Gasteiger partial charge in [-0.1, -0.05) is 19.8 Å². The number of nitrogens with zero attached hydrogens (tertiary/aromatic N) is 2. The van der Waals surface area contributed by atoms with E-state index in [-0.39, 0.29) is 11.6 Å². The number of aromatic nitrogens is 3. The Hall–Kier alpha value is -1.59. The first-order valence-electron chi connectivity index (χ1n) is 6.57. The summed E-state index contributed by atoms with van der Waals surface area (Å²) in [5.41, 5.74) is -0.0416. The molecule has 2 amide bonds. The van der Waals surface area contributed by atoms with Crippen LogP contribution in [0, 0.1) is 0 Å². The molecule has 6 heteroatoms. The summed E-state index contributed by atoms with van der Waals surface area (Å²) in [5.74, 6) is 1.47.